The summed E-state index contributed by atoms with van der Waals surface area (Å²) >= 11 is 1.44. The van der Waals surface area contributed by atoms with E-state index in [9.17, 15) is 4.79 Å². The van der Waals surface area contributed by atoms with Gasteiger partial charge in [0.25, 0.3) is 0 Å². The Bertz CT molecular complexity index is 643. The normalized spacial score (nSPS) is 28.9. The fraction of sp³-hybridized carbons (Fsp3) is 0.500. The number of piperidine rings is 3. The Balaban J connectivity index is 1.56. The van der Waals surface area contributed by atoms with Crippen molar-refractivity contribution >= 4 is 27.4 Å². The van der Waals surface area contributed by atoms with Crippen molar-refractivity contribution in [2.45, 2.75) is 19.3 Å². The minimum atomic E-state index is 0.237. The van der Waals surface area contributed by atoms with E-state index in [1.165, 1.54) is 37.5 Å². The number of nitrogens with zero attached hydrogens (tertiary/aromatic N) is 2. The van der Waals surface area contributed by atoms with Gasteiger partial charge in [-0.05, 0) is 55.4 Å². The van der Waals surface area contributed by atoms with Gasteiger partial charge in [0.05, 0.1) is 4.70 Å². The van der Waals surface area contributed by atoms with Crippen molar-refractivity contribution in [1.82, 2.24) is 9.27 Å². The molecule has 2 bridgehead atoms. The van der Waals surface area contributed by atoms with Gasteiger partial charge in [0.1, 0.15) is 5.69 Å². The highest BCUT2D eigenvalue weighted by atomic mass is 32.1. The molecule has 1 aromatic carbocycles. The molecule has 5 rings (SSSR count). The van der Waals surface area contributed by atoms with Gasteiger partial charge in [-0.25, -0.2) is 0 Å². The molecule has 0 N–H and O–H groups in total. The van der Waals surface area contributed by atoms with E-state index in [4.69, 9.17) is 0 Å². The number of benzene rings is 1. The Morgan fingerprint density at radius 3 is 2.85 bits per heavy atom. The second kappa shape index (κ2) is 4.93. The van der Waals surface area contributed by atoms with Crippen LogP contribution in [-0.2, 0) is 0 Å². The first kappa shape index (κ1) is 12.5. The Labute approximate surface area is 122 Å². The van der Waals surface area contributed by atoms with E-state index in [-0.39, 0.29) is 5.78 Å². The number of hydrogen-bond acceptors (Lipinski definition) is 4. The van der Waals surface area contributed by atoms with Crippen molar-refractivity contribution in [3.63, 3.8) is 0 Å². The van der Waals surface area contributed by atoms with Crippen LogP contribution >= 0.6 is 11.5 Å². The van der Waals surface area contributed by atoms with Crippen molar-refractivity contribution in [2.75, 3.05) is 19.6 Å². The molecule has 0 unspecified atom stereocenters. The van der Waals surface area contributed by atoms with Crippen molar-refractivity contribution in [3.8, 4) is 0 Å². The van der Waals surface area contributed by atoms with Crippen LogP contribution < -0.4 is 0 Å². The summed E-state index contributed by atoms with van der Waals surface area (Å²) in [5.74, 6) is 1.54. The average Bonchev–Trinajstić information content (AvgIpc) is 2.92. The summed E-state index contributed by atoms with van der Waals surface area (Å²) in [6, 6.07) is 8.05. The van der Waals surface area contributed by atoms with Gasteiger partial charge in [0.2, 0.25) is 0 Å². The molecule has 1 atom stereocenters. The standard InChI is InChI=1S/C16H18N2OS/c19-14(9-12-10-18-7-5-11(12)6-8-18)16-13-3-1-2-4-15(13)20-17-16/h1-4,11-12H,5-10H2/t12-/m0/s1. The third kappa shape index (κ3) is 2.07. The molecule has 0 radical (unpaired) electrons. The zero-order chi connectivity index (χ0) is 13.5. The second-order valence-corrected chi connectivity index (χ2v) is 6.86. The van der Waals surface area contributed by atoms with Gasteiger partial charge in [-0.1, -0.05) is 18.2 Å². The van der Waals surface area contributed by atoms with Gasteiger partial charge in [0, 0.05) is 18.4 Å². The molecule has 0 spiro atoms. The Hall–Kier alpha value is -1.26. The predicted octanol–water partition coefficient (Wildman–Crippen LogP) is 3.21. The lowest BCUT2D eigenvalue weighted by molar-refractivity contribution is 0.0440. The number of Topliss-reactive ketones (excluding diaryl/α,β-unsaturated/α-hetero) is 1. The number of hydrogen-bond donors (Lipinski definition) is 0. The second-order valence-electron chi connectivity index (χ2n) is 6.05. The maximum atomic E-state index is 12.6. The van der Waals surface area contributed by atoms with Gasteiger partial charge in [-0.2, -0.15) is 4.37 Å². The molecule has 4 heteroatoms. The van der Waals surface area contributed by atoms with Crippen LogP contribution in [0.2, 0.25) is 0 Å². The highest BCUT2D eigenvalue weighted by molar-refractivity contribution is 7.13. The van der Waals surface area contributed by atoms with Gasteiger partial charge in [0.15, 0.2) is 5.78 Å². The predicted molar refractivity (Wildman–Crippen MR) is 81.2 cm³/mol. The molecule has 2 aromatic rings. The fourth-order valence-electron chi connectivity index (χ4n) is 3.74. The van der Waals surface area contributed by atoms with Crippen LogP contribution in [0.1, 0.15) is 29.8 Å². The Morgan fingerprint density at radius 1 is 1.30 bits per heavy atom. The number of ketones is 1. The van der Waals surface area contributed by atoms with E-state index in [1.54, 1.807) is 0 Å². The first-order valence-corrected chi connectivity index (χ1v) is 8.18. The van der Waals surface area contributed by atoms with Crippen LogP contribution in [-0.4, -0.2) is 34.7 Å². The Kier molecular flexibility index (Phi) is 3.08. The highest BCUT2D eigenvalue weighted by Gasteiger charge is 2.35. The third-order valence-electron chi connectivity index (χ3n) is 4.88. The first-order chi connectivity index (χ1) is 9.81. The zero-order valence-electron chi connectivity index (χ0n) is 11.4. The molecule has 1 aromatic heterocycles. The summed E-state index contributed by atoms with van der Waals surface area (Å²) in [6.07, 6.45) is 3.22. The fourth-order valence-corrected chi connectivity index (χ4v) is 4.53. The van der Waals surface area contributed by atoms with Crippen LogP contribution in [0.25, 0.3) is 10.1 Å². The summed E-state index contributed by atoms with van der Waals surface area (Å²) < 4.78 is 5.52. The molecule has 3 saturated heterocycles. The minimum absolute atomic E-state index is 0.237. The van der Waals surface area contributed by atoms with Crippen molar-refractivity contribution in [1.29, 1.82) is 0 Å². The first-order valence-electron chi connectivity index (χ1n) is 7.41. The SMILES string of the molecule is O=C(C[C@H]1CN2CCC1CC2)c1nsc2ccccc12. The summed E-state index contributed by atoms with van der Waals surface area (Å²) in [5, 5.41) is 1.03. The molecule has 104 valence electrons. The van der Waals surface area contributed by atoms with Crippen LogP contribution in [0, 0.1) is 11.8 Å². The number of aromatic nitrogens is 1. The monoisotopic (exact) mass is 286 g/mol. The third-order valence-corrected chi connectivity index (χ3v) is 5.71. The molecular formula is C16H18N2OS. The molecular weight excluding hydrogens is 268 g/mol. The van der Waals surface area contributed by atoms with Crippen molar-refractivity contribution in [3.05, 3.63) is 30.0 Å². The van der Waals surface area contributed by atoms with Crippen molar-refractivity contribution in [2.24, 2.45) is 11.8 Å². The van der Waals surface area contributed by atoms with Gasteiger partial charge >= 0.3 is 0 Å². The molecule has 20 heavy (non-hydrogen) atoms. The molecule has 3 aliphatic rings. The van der Waals surface area contributed by atoms with Gasteiger partial charge < -0.3 is 4.90 Å². The van der Waals surface area contributed by atoms with E-state index in [0.717, 1.165) is 22.5 Å². The lowest BCUT2D eigenvalue weighted by Gasteiger charge is -2.44. The molecule has 0 amide bonds. The molecule has 3 nitrogen and oxygen atoms in total. The summed E-state index contributed by atoms with van der Waals surface area (Å²) in [6.45, 7) is 3.57. The number of carbonyl (C=O) groups is 1. The van der Waals surface area contributed by atoms with Crippen LogP contribution in [0.15, 0.2) is 24.3 Å². The topological polar surface area (TPSA) is 33.2 Å². The van der Waals surface area contributed by atoms with Gasteiger partial charge in [-0.15, -0.1) is 0 Å². The Morgan fingerprint density at radius 2 is 2.10 bits per heavy atom. The maximum absolute atomic E-state index is 12.6. The number of carbonyl (C=O) groups excluding carboxylic acids is 1. The quantitative estimate of drug-likeness (QED) is 0.812. The van der Waals surface area contributed by atoms with E-state index >= 15 is 0 Å². The summed E-state index contributed by atoms with van der Waals surface area (Å²) in [4.78, 5) is 15.1. The maximum Gasteiger partial charge on any atom is 0.183 e. The van der Waals surface area contributed by atoms with Crippen LogP contribution in [0.5, 0.6) is 0 Å². The molecule has 0 aliphatic carbocycles. The van der Waals surface area contributed by atoms with E-state index in [1.807, 2.05) is 24.3 Å². The van der Waals surface area contributed by atoms with Crippen LogP contribution in [0.4, 0.5) is 0 Å². The zero-order valence-corrected chi connectivity index (χ0v) is 12.2. The number of fused-ring (bicyclic) bond motifs is 4. The largest absolute Gasteiger partial charge is 0.303 e. The molecule has 4 heterocycles. The molecule has 0 saturated carbocycles. The van der Waals surface area contributed by atoms with Crippen LogP contribution in [0.3, 0.4) is 0 Å². The summed E-state index contributed by atoms with van der Waals surface area (Å²) in [7, 11) is 0. The lowest BCUT2D eigenvalue weighted by Crippen LogP contribution is -2.47. The molecule has 3 aliphatic heterocycles. The van der Waals surface area contributed by atoms with Gasteiger partial charge in [-0.3, -0.25) is 4.79 Å². The highest BCUT2D eigenvalue weighted by Crippen LogP contribution is 2.35. The van der Waals surface area contributed by atoms with E-state index in [2.05, 4.69) is 9.27 Å². The van der Waals surface area contributed by atoms with Crippen molar-refractivity contribution < 1.29 is 4.79 Å². The number of rotatable bonds is 3. The minimum Gasteiger partial charge on any atom is -0.303 e. The molecule has 3 fully saturated rings. The average molecular weight is 286 g/mol. The summed E-state index contributed by atoms with van der Waals surface area (Å²) in [5.41, 5.74) is 0.696. The van der Waals surface area contributed by atoms with E-state index < -0.39 is 0 Å². The lowest BCUT2D eigenvalue weighted by atomic mass is 9.76. The van der Waals surface area contributed by atoms with E-state index in [0.29, 0.717) is 18.0 Å². The smallest absolute Gasteiger partial charge is 0.183 e.